The maximum Gasteiger partial charge on any atom is 0.304 e. The molecule has 0 radical (unpaired) electrons. The molecule has 2 aromatic carbocycles. The second-order valence-corrected chi connectivity index (χ2v) is 7.24. The topological polar surface area (TPSA) is 44.8 Å². The van der Waals surface area contributed by atoms with Gasteiger partial charge in [-0.3, -0.25) is 9.32 Å². The summed E-state index contributed by atoms with van der Waals surface area (Å²) in [6, 6.07) is 14.7. The van der Waals surface area contributed by atoms with Gasteiger partial charge in [0.1, 0.15) is 5.75 Å². The summed E-state index contributed by atoms with van der Waals surface area (Å²) >= 11 is 0. The number of carbonyl (C=O) groups excluding carboxylic acids is 1. The molecule has 0 N–H and O–H groups in total. The van der Waals surface area contributed by atoms with E-state index in [-0.39, 0.29) is 15.0 Å². The lowest BCUT2D eigenvalue weighted by atomic mass is 9.99. The number of aryl methyl sites for hydroxylation is 2. The number of unbranched alkanes of at least 4 members (excludes halogenated alkanes) is 2. The van der Waals surface area contributed by atoms with Gasteiger partial charge in [-0.2, -0.15) is 0 Å². The molecule has 0 spiro atoms. The predicted molar refractivity (Wildman–Crippen MR) is 111 cm³/mol. The fourth-order valence-corrected chi connectivity index (χ4v) is 3.32. The van der Waals surface area contributed by atoms with Crippen LogP contribution in [0.25, 0.3) is 11.1 Å². The first-order chi connectivity index (χ1) is 13.0. The third-order valence-corrected chi connectivity index (χ3v) is 4.87. The number of hydrogen-bond acceptors (Lipinski definition) is 4. The zero-order valence-electron chi connectivity index (χ0n) is 16.6. The van der Waals surface area contributed by atoms with Crippen molar-refractivity contribution in [2.45, 2.75) is 59.7 Å². The van der Waals surface area contributed by atoms with Crippen LogP contribution in [0.1, 0.15) is 51.2 Å². The Hall–Kier alpha value is -1.90. The van der Waals surface area contributed by atoms with Gasteiger partial charge in [0.05, 0.1) is 0 Å². The fraction of sp³-hybridized carbons (Fsp3) is 0.409. The van der Waals surface area contributed by atoms with E-state index in [0.29, 0.717) is 0 Å². The van der Waals surface area contributed by atoms with Crippen molar-refractivity contribution in [2.24, 2.45) is 0 Å². The molecule has 0 aliphatic heterocycles. The third-order valence-electron chi connectivity index (χ3n) is 4.14. The number of carbonyl (C=O) groups is 1. The monoisotopic (exact) mass is 388 g/mol. The molecule has 0 bridgehead atoms. The molecular weight excluding hydrogens is 359 g/mol. The largest absolute Gasteiger partial charge is 0.449 e. The van der Waals surface area contributed by atoms with E-state index in [2.05, 4.69) is 50.2 Å². The van der Waals surface area contributed by atoms with E-state index in [4.69, 9.17) is 13.8 Å². The number of hydrogen-bond donors (Lipinski definition) is 0. The minimum absolute atomic E-state index is 0.250. The molecule has 0 aromatic heterocycles. The van der Waals surface area contributed by atoms with Gasteiger partial charge in [0, 0.05) is 12.5 Å². The van der Waals surface area contributed by atoms with Crippen LogP contribution < -0.4 is 4.52 Å². The molecule has 0 amide bonds. The summed E-state index contributed by atoms with van der Waals surface area (Å²) in [5.41, 5.74) is 4.61. The van der Waals surface area contributed by atoms with Crippen LogP contribution in [0.4, 0.5) is 0 Å². The van der Waals surface area contributed by atoms with Crippen molar-refractivity contribution in [3.05, 3.63) is 53.6 Å². The maximum absolute atomic E-state index is 11.0. The van der Waals surface area contributed by atoms with E-state index in [1.165, 1.54) is 37.3 Å². The zero-order chi connectivity index (χ0) is 19.6. The van der Waals surface area contributed by atoms with Gasteiger partial charge in [-0.05, 0) is 43.9 Å². The van der Waals surface area contributed by atoms with Crippen molar-refractivity contribution in [1.29, 1.82) is 0 Å². The van der Waals surface area contributed by atoms with Crippen LogP contribution in [-0.4, -0.2) is 12.3 Å². The quantitative estimate of drug-likeness (QED) is 0.210. The molecule has 2 aromatic rings. The Morgan fingerprint density at radius 2 is 1.96 bits per heavy atom. The van der Waals surface area contributed by atoms with Crippen LogP contribution in [0.3, 0.4) is 0 Å². The highest BCUT2D eigenvalue weighted by atomic mass is 31.1. The molecule has 0 saturated carbocycles. The molecule has 0 aliphatic rings. The molecule has 2 unspecified atom stereocenters. The van der Waals surface area contributed by atoms with Crippen LogP contribution in [0, 0.1) is 6.92 Å². The molecule has 4 nitrogen and oxygen atoms in total. The van der Waals surface area contributed by atoms with E-state index < -0.39 is 6.29 Å². The standard InChI is InChI=1S/C22H29O4P/c1-5-6-7-10-19-12-13-21(20-11-8-9-16(2)14-20)22(15-19)26-27-25-18(4)24-17(3)23/h8-9,11-15,18,27H,5-7,10H2,1-4H3. The van der Waals surface area contributed by atoms with Crippen molar-refractivity contribution in [3.8, 4) is 16.9 Å². The third kappa shape index (κ3) is 7.32. The molecule has 0 heterocycles. The van der Waals surface area contributed by atoms with Gasteiger partial charge in [0.25, 0.3) is 0 Å². The SMILES string of the molecule is CCCCCc1ccc(-c2cccc(C)c2)c(OPOC(C)OC(C)=O)c1. The van der Waals surface area contributed by atoms with E-state index >= 15 is 0 Å². The first-order valence-electron chi connectivity index (χ1n) is 9.44. The number of ether oxygens (including phenoxy) is 1. The normalized spacial score (nSPS) is 12.3. The minimum atomic E-state index is -0.629. The highest BCUT2D eigenvalue weighted by Crippen LogP contribution is 2.36. The van der Waals surface area contributed by atoms with E-state index in [0.717, 1.165) is 23.3 Å². The zero-order valence-corrected chi connectivity index (χ0v) is 17.6. The number of rotatable bonds is 10. The van der Waals surface area contributed by atoms with Gasteiger partial charge in [-0.15, -0.1) is 0 Å². The van der Waals surface area contributed by atoms with Gasteiger partial charge in [-0.25, -0.2) is 0 Å². The first kappa shape index (κ1) is 21.4. The average Bonchev–Trinajstić information content (AvgIpc) is 2.61. The van der Waals surface area contributed by atoms with Gasteiger partial charge >= 0.3 is 5.97 Å². The summed E-state index contributed by atoms with van der Waals surface area (Å²) < 4.78 is 16.4. The first-order valence-corrected chi connectivity index (χ1v) is 10.3. The molecule has 2 atom stereocenters. The van der Waals surface area contributed by atoms with Crippen molar-refractivity contribution in [2.75, 3.05) is 0 Å². The molecule has 0 aliphatic carbocycles. The predicted octanol–water partition coefficient (Wildman–Crippen LogP) is 6.21. The number of benzene rings is 2. The van der Waals surface area contributed by atoms with Crippen molar-refractivity contribution in [3.63, 3.8) is 0 Å². The lowest BCUT2D eigenvalue weighted by Crippen LogP contribution is -2.12. The summed E-state index contributed by atoms with van der Waals surface area (Å²) in [5.74, 6) is 0.425. The molecule has 27 heavy (non-hydrogen) atoms. The van der Waals surface area contributed by atoms with E-state index in [9.17, 15) is 4.79 Å². The molecule has 146 valence electrons. The Kier molecular flexibility index (Phi) is 8.77. The Labute approximate surface area is 164 Å². The fourth-order valence-electron chi connectivity index (χ4n) is 2.83. The van der Waals surface area contributed by atoms with E-state index in [1.807, 2.05) is 6.07 Å². The summed E-state index contributed by atoms with van der Waals surface area (Å²) in [5, 5.41) is 0. The maximum atomic E-state index is 11.0. The van der Waals surface area contributed by atoms with Crippen LogP contribution in [0.15, 0.2) is 42.5 Å². The van der Waals surface area contributed by atoms with Gasteiger partial charge in [0.15, 0.2) is 0 Å². The van der Waals surface area contributed by atoms with Gasteiger partial charge in [0.2, 0.25) is 15.3 Å². The molecule has 5 heteroatoms. The van der Waals surface area contributed by atoms with Crippen LogP contribution >= 0.6 is 9.03 Å². The molecule has 0 fully saturated rings. The van der Waals surface area contributed by atoms with Crippen LogP contribution in [-0.2, 0) is 20.5 Å². The lowest BCUT2D eigenvalue weighted by Gasteiger charge is -2.16. The minimum Gasteiger partial charge on any atom is -0.449 e. The highest BCUT2D eigenvalue weighted by molar-refractivity contribution is 7.26. The lowest BCUT2D eigenvalue weighted by molar-refractivity contribution is -0.157. The smallest absolute Gasteiger partial charge is 0.304 e. The van der Waals surface area contributed by atoms with Crippen molar-refractivity contribution < 1.29 is 18.6 Å². The summed E-state index contributed by atoms with van der Waals surface area (Å²) in [7, 11) is -0.250. The Morgan fingerprint density at radius 1 is 1.15 bits per heavy atom. The van der Waals surface area contributed by atoms with Crippen molar-refractivity contribution in [1.82, 2.24) is 0 Å². The Balaban J connectivity index is 2.15. The second-order valence-electron chi connectivity index (χ2n) is 6.64. The van der Waals surface area contributed by atoms with Gasteiger partial charge < -0.3 is 9.26 Å². The van der Waals surface area contributed by atoms with E-state index in [1.54, 1.807) is 6.92 Å². The van der Waals surface area contributed by atoms with Crippen LogP contribution in [0.2, 0.25) is 0 Å². The van der Waals surface area contributed by atoms with Crippen molar-refractivity contribution >= 4 is 15.0 Å². The highest BCUT2D eigenvalue weighted by Gasteiger charge is 2.11. The van der Waals surface area contributed by atoms with Crippen LogP contribution in [0.5, 0.6) is 5.75 Å². The molecule has 2 rings (SSSR count). The Morgan fingerprint density at radius 3 is 2.67 bits per heavy atom. The summed E-state index contributed by atoms with van der Waals surface area (Å²) in [6.07, 6.45) is 4.00. The average molecular weight is 388 g/mol. The second kappa shape index (κ2) is 11.1. The Bertz CT molecular complexity index is 745. The summed E-state index contributed by atoms with van der Waals surface area (Å²) in [4.78, 5) is 11.0. The van der Waals surface area contributed by atoms with Gasteiger partial charge in [-0.1, -0.05) is 61.7 Å². The molecular formula is C22H29O4P. The molecule has 0 saturated heterocycles. The number of esters is 1. The summed E-state index contributed by atoms with van der Waals surface area (Å²) in [6.45, 7) is 7.33.